The SMILES string of the molecule is CCOc1ccc(Oc2cc(C(=N)N)cc(C)n2)cc1. The largest absolute Gasteiger partial charge is 0.494 e. The van der Waals surface area contributed by atoms with Gasteiger partial charge in [-0.25, -0.2) is 4.98 Å². The molecule has 0 saturated carbocycles. The van der Waals surface area contributed by atoms with Crippen LogP contribution in [-0.2, 0) is 0 Å². The number of aromatic nitrogens is 1. The number of hydrogen-bond acceptors (Lipinski definition) is 4. The summed E-state index contributed by atoms with van der Waals surface area (Å²) in [5.41, 5.74) is 6.83. The second-order valence-corrected chi connectivity index (χ2v) is 4.26. The van der Waals surface area contributed by atoms with E-state index < -0.39 is 0 Å². The molecule has 0 radical (unpaired) electrons. The molecule has 2 aromatic rings. The van der Waals surface area contributed by atoms with Crippen LogP contribution in [-0.4, -0.2) is 17.4 Å². The Kier molecular flexibility index (Phi) is 4.20. The minimum atomic E-state index is -0.00737. The van der Waals surface area contributed by atoms with E-state index in [1.807, 2.05) is 38.1 Å². The van der Waals surface area contributed by atoms with Crippen molar-refractivity contribution in [1.29, 1.82) is 5.41 Å². The molecule has 0 aliphatic rings. The van der Waals surface area contributed by atoms with Crippen LogP contribution in [0.1, 0.15) is 18.2 Å². The van der Waals surface area contributed by atoms with Gasteiger partial charge in [-0.2, -0.15) is 0 Å². The molecule has 3 N–H and O–H groups in total. The van der Waals surface area contributed by atoms with E-state index in [1.165, 1.54) is 0 Å². The van der Waals surface area contributed by atoms with Gasteiger partial charge in [-0.1, -0.05) is 0 Å². The van der Waals surface area contributed by atoms with Crippen LogP contribution in [0.5, 0.6) is 17.4 Å². The lowest BCUT2D eigenvalue weighted by Gasteiger charge is -2.08. The van der Waals surface area contributed by atoms with Crippen LogP contribution in [0.15, 0.2) is 36.4 Å². The topological polar surface area (TPSA) is 81.2 Å². The zero-order valence-corrected chi connectivity index (χ0v) is 11.5. The normalized spacial score (nSPS) is 10.1. The molecule has 0 fully saturated rings. The van der Waals surface area contributed by atoms with Crippen molar-refractivity contribution in [3.63, 3.8) is 0 Å². The maximum atomic E-state index is 7.46. The lowest BCUT2D eigenvalue weighted by Crippen LogP contribution is -2.11. The third-order valence-electron chi connectivity index (χ3n) is 2.60. The fourth-order valence-corrected chi connectivity index (χ4v) is 1.74. The first-order chi connectivity index (χ1) is 9.58. The van der Waals surface area contributed by atoms with Gasteiger partial charge in [-0.15, -0.1) is 0 Å². The predicted octanol–water partition coefficient (Wildman–Crippen LogP) is 2.87. The molecular formula is C15H17N3O2. The Morgan fingerprint density at radius 3 is 2.45 bits per heavy atom. The lowest BCUT2D eigenvalue weighted by molar-refractivity contribution is 0.339. The molecule has 0 saturated heterocycles. The molecule has 0 amide bonds. The lowest BCUT2D eigenvalue weighted by atomic mass is 10.2. The molecule has 0 unspecified atom stereocenters. The smallest absolute Gasteiger partial charge is 0.220 e. The first kappa shape index (κ1) is 13.9. The monoisotopic (exact) mass is 271 g/mol. The highest BCUT2D eigenvalue weighted by atomic mass is 16.5. The van der Waals surface area contributed by atoms with Gasteiger partial charge in [0.15, 0.2) is 0 Å². The molecule has 1 aromatic carbocycles. The highest BCUT2D eigenvalue weighted by Crippen LogP contribution is 2.23. The zero-order valence-electron chi connectivity index (χ0n) is 11.5. The van der Waals surface area contributed by atoms with Crippen molar-refractivity contribution in [1.82, 2.24) is 4.98 Å². The van der Waals surface area contributed by atoms with Gasteiger partial charge < -0.3 is 15.2 Å². The zero-order chi connectivity index (χ0) is 14.5. The Balaban J connectivity index is 2.19. The van der Waals surface area contributed by atoms with E-state index in [0.29, 0.717) is 23.8 Å². The molecule has 0 spiro atoms. The van der Waals surface area contributed by atoms with Crippen molar-refractivity contribution in [2.75, 3.05) is 6.61 Å². The maximum Gasteiger partial charge on any atom is 0.220 e. The Hall–Kier alpha value is -2.56. The van der Waals surface area contributed by atoms with E-state index in [9.17, 15) is 0 Å². The van der Waals surface area contributed by atoms with Crippen LogP contribution in [0, 0.1) is 12.3 Å². The van der Waals surface area contributed by atoms with Gasteiger partial charge in [-0.05, 0) is 44.2 Å². The molecule has 0 bridgehead atoms. The third kappa shape index (κ3) is 3.47. The van der Waals surface area contributed by atoms with E-state index in [4.69, 9.17) is 20.6 Å². The summed E-state index contributed by atoms with van der Waals surface area (Å²) in [7, 11) is 0. The number of aryl methyl sites for hydroxylation is 1. The van der Waals surface area contributed by atoms with Crippen LogP contribution < -0.4 is 15.2 Å². The first-order valence-corrected chi connectivity index (χ1v) is 6.32. The number of nitrogens with two attached hydrogens (primary N) is 1. The Morgan fingerprint density at radius 2 is 1.85 bits per heavy atom. The Morgan fingerprint density at radius 1 is 1.20 bits per heavy atom. The van der Waals surface area contributed by atoms with Gasteiger partial charge in [0.1, 0.15) is 17.3 Å². The Bertz CT molecular complexity index is 609. The van der Waals surface area contributed by atoms with E-state index in [0.717, 1.165) is 11.4 Å². The highest BCUT2D eigenvalue weighted by Gasteiger charge is 2.05. The summed E-state index contributed by atoms with van der Waals surface area (Å²) in [6.45, 7) is 4.39. The molecule has 20 heavy (non-hydrogen) atoms. The number of nitrogens with zero attached hydrogens (tertiary/aromatic N) is 1. The van der Waals surface area contributed by atoms with Crippen molar-refractivity contribution < 1.29 is 9.47 Å². The number of pyridine rings is 1. The molecule has 104 valence electrons. The van der Waals surface area contributed by atoms with Crippen LogP contribution in [0.3, 0.4) is 0 Å². The van der Waals surface area contributed by atoms with Crippen molar-refractivity contribution >= 4 is 5.84 Å². The standard InChI is InChI=1S/C15H17N3O2/c1-3-19-12-4-6-13(7-5-12)20-14-9-11(15(16)17)8-10(2)18-14/h4-9H,3H2,1-2H3,(H3,16,17). The van der Waals surface area contributed by atoms with Gasteiger partial charge in [0, 0.05) is 17.3 Å². The molecule has 0 atom stereocenters. The number of hydrogen-bond donors (Lipinski definition) is 2. The molecule has 1 heterocycles. The average molecular weight is 271 g/mol. The van der Waals surface area contributed by atoms with E-state index >= 15 is 0 Å². The third-order valence-corrected chi connectivity index (χ3v) is 2.60. The average Bonchev–Trinajstić information content (AvgIpc) is 2.40. The van der Waals surface area contributed by atoms with E-state index in [-0.39, 0.29) is 5.84 Å². The van der Waals surface area contributed by atoms with Crippen molar-refractivity contribution in [3.05, 3.63) is 47.7 Å². The van der Waals surface area contributed by atoms with Gasteiger partial charge >= 0.3 is 0 Å². The molecule has 0 aliphatic carbocycles. The highest BCUT2D eigenvalue weighted by molar-refractivity contribution is 5.95. The number of amidine groups is 1. The number of rotatable bonds is 5. The number of nitrogen functional groups attached to an aromatic ring is 1. The van der Waals surface area contributed by atoms with Crippen molar-refractivity contribution in [2.24, 2.45) is 5.73 Å². The molecule has 5 nitrogen and oxygen atoms in total. The minimum absolute atomic E-state index is 0.00737. The van der Waals surface area contributed by atoms with Gasteiger partial charge in [0.05, 0.1) is 6.61 Å². The molecular weight excluding hydrogens is 254 g/mol. The summed E-state index contributed by atoms with van der Waals surface area (Å²) in [5, 5.41) is 7.46. The van der Waals surface area contributed by atoms with E-state index in [2.05, 4.69) is 4.98 Å². The quantitative estimate of drug-likeness (QED) is 0.647. The fraction of sp³-hybridized carbons (Fsp3) is 0.200. The molecule has 2 rings (SSSR count). The summed E-state index contributed by atoms with van der Waals surface area (Å²) in [6.07, 6.45) is 0. The van der Waals surface area contributed by atoms with Gasteiger partial charge in [-0.3, -0.25) is 5.41 Å². The van der Waals surface area contributed by atoms with Crippen LogP contribution in [0.25, 0.3) is 0 Å². The van der Waals surface area contributed by atoms with Gasteiger partial charge in [0.25, 0.3) is 0 Å². The molecule has 1 aromatic heterocycles. The summed E-state index contributed by atoms with van der Waals surface area (Å²) in [6, 6.07) is 10.7. The number of nitrogens with one attached hydrogen (secondary N) is 1. The number of ether oxygens (including phenoxy) is 2. The fourth-order valence-electron chi connectivity index (χ4n) is 1.74. The van der Waals surface area contributed by atoms with Crippen molar-refractivity contribution in [2.45, 2.75) is 13.8 Å². The summed E-state index contributed by atoms with van der Waals surface area (Å²) in [5.74, 6) is 1.86. The second kappa shape index (κ2) is 6.06. The maximum absolute atomic E-state index is 7.46. The number of benzene rings is 1. The summed E-state index contributed by atoms with van der Waals surface area (Å²) < 4.78 is 11.0. The molecule has 0 aliphatic heterocycles. The van der Waals surface area contributed by atoms with Crippen molar-refractivity contribution in [3.8, 4) is 17.4 Å². The summed E-state index contributed by atoms with van der Waals surface area (Å²) in [4.78, 5) is 4.26. The predicted molar refractivity (Wildman–Crippen MR) is 77.7 cm³/mol. The van der Waals surface area contributed by atoms with Crippen LogP contribution >= 0.6 is 0 Å². The minimum Gasteiger partial charge on any atom is -0.494 e. The first-order valence-electron chi connectivity index (χ1n) is 6.32. The van der Waals surface area contributed by atoms with Crippen LogP contribution in [0.2, 0.25) is 0 Å². The van der Waals surface area contributed by atoms with E-state index in [1.54, 1.807) is 12.1 Å². The second-order valence-electron chi connectivity index (χ2n) is 4.26. The summed E-state index contributed by atoms with van der Waals surface area (Å²) >= 11 is 0. The van der Waals surface area contributed by atoms with Crippen LogP contribution in [0.4, 0.5) is 0 Å². The van der Waals surface area contributed by atoms with Gasteiger partial charge in [0.2, 0.25) is 5.88 Å². The Labute approximate surface area is 117 Å². The molecule has 5 heteroatoms.